The van der Waals surface area contributed by atoms with E-state index in [2.05, 4.69) is 5.32 Å². The molecule has 3 rings (SSSR count). The van der Waals surface area contributed by atoms with Crippen LogP contribution in [0.1, 0.15) is 50.2 Å². The molecule has 1 N–H and O–H groups in total. The summed E-state index contributed by atoms with van der Waals surface area (Å²) >= 11 is 13.7. The van der Waals surface area contributed by atoms with Gasteiger partial charge in [-0.2, -0.15) is 0 Å². The van der Waals surface area contributed by atoms with Gasteiger partial charge in [0.2, 0.25) is 11.8 Å². The van der Waals surface area contributed by atoms with Gasteiger partial charge in [0, 0.05) is 28.4 Å². The number of carbonyl (C=O) groups is 2. The zero-order valence-corrected chi connectivity index (χ0v) is 22.0. The number of hydrogen-bond acceptors (Lipinski definition) is 4. The average Bonchev–Trinajstić information content (AvgIpc) is 2.84. The van der Waals surface area contributed by atoms with Crippen LogP contribution in [0, 0.1) is 0 Å². The monoisotopic (exact) mass is 522 g/mol. The van der Waals surface area contributed by atoms with Crippen molar-refractivity contribution in [1.82, 2.24) is 10.2 Å². The second-order valence-corrected chi connectivity index (χ2v) is 10.4. The van der Waals surface area contributed by atoms with Gasteiger partial charge in [-0.1, -0.05) is 60.7 Å². The first-order valence-corrected chi connectivity index (χ1v) is 13.5. The molecule has 0 radical (unpaired) electrons. The Bertz CT molecular complexity index is 965. The highest BCUT2D eigenvalue weighted by molar-refractivity contribution is 7.99. The van der Waals surface area contributed by atoms with E-state index in [1.54, 1.807) is 31.1 Å². The molecule has 2 aromatic rings. The number of nitrogens with zero attached hydrogens (tertiary/aromatic N) is 1. The Labute approximate surface area is 216 Å². The van der Waals surface area contributed by atoms with Gasteiger partial charge in [0.25, 0.3) is 0 Å². The molecule has 184 valence electrons. The molecule has 0 saturated heterocycles. The number of benzene rings is 2. The van der Waals surface area contributed by atoms with Crippen LogP contribution in [0.2, 0.25) is 10.0 Å². The first-order valence-electron chi connectivity index (χ1n) is 11.6. The van der Waals surface area contributed by atoms with Gasteiger partial charge in [-0.05, 0) is 55.2 Å². The lowest BCUT2D eigenvalue weighted by Gasteiger charge is -2.31. The fourth-order valence-electron chi connectivity index (χ4n) is 4.05. The van der Waals surface area contributed by atoms with Crippen LogP contribution >= 0.6 is 35.0 Å². The Hall–Kier alpha value is -1.89. The largest absolute Gasteiger partial charge is 0.497 e. The van der Waals surface area contributed by atoms with Gasteiger partial charge >= 0.3 is 0 Å². The SMILES string of the molecule is COc1ccc(CN(C(=O)CSCc2ccc(Cl)cc2Cl)C(C)C(=O)NC2CCCCC2)cc1. The third-order valence-electron chi connectivity index (χ3n) is 6.13. The molecule has 0 bridgehead atoms. The molecule has 0 aliphatic heterocycles. The van der Waals surface area contributed by atoms with Crippen molar-refractivity contribution in [3.8, 4) is 5.75 Å². The molecule has 0 spiro atoms. The second kappa shape index (κ2) is 13.3. The summed E-state index contributed by atoms with van der Waals surface area (Å²) < 4.78 is 5.24. The minimum Gasteiger partial charge on any atom is -0.497 e. The van der Waals surface area contributed by atoms with Gasteiger partial charge < -0.3 is 15.0 Å². The summed E-state index contributed by atoms with van der Waals surface area (Å²) in [5, 5.41) is 4.33. The lowest BCUT2D eigenvalue weighted by atomic mass is 9.95. The summed E-state index contributed by atoms with van der Waals surface area (Å²) in [4.78, 5) is 28.0. The lowest BCUT2D eigenvalue weighted by molar-refractivity contribution is -0.139. The van der Waals surface area contributed by atoms with Crippen molar-refractivity contribution in [3.63, 3.8) is 0 Å². The predicted octanol–water partition coefficient (Wildman–Crippen LogP) is 6.10. The number of amides is 2. The zero-order chi connectivity index (χ0) is 24.5. The molecular weight excluding hydrogens is 491 g/mol. The molecule has 8 heteroatoms. The molecule has 5 nitrogen and oxygen atoms in total. The number of carbonyl (C=O) groups excluding carboxylic acids is 2. The van der Waals surface area contributed by atoms with E-state index in [1.165, 1.54) is 18.2 Å². The van der Waals surface area contributed by atoms with E-state index in [0.717, 1.165) is 42.6 Å². The highest BCUT2D eigenvalue weighted by Crippen LogP contribution is 2.25. The van der Waals surface area contributed by atoms with Crippen molar-refractivity contribution in [3.05, 3.63) is 63.6 Å². The van der Waals surface area contributed by atoms with Crippen LogP contribution in [0.15, 0.2) is 42.5 Å². The third kappa shape index (κ3) is 7.82. The van der Waals surface area contributed by atoms with Crippen LogP contribution in [0.4, 0.5) is 0 Å². The Morgan fingerprint density at radius 3 is 2.47 bits per heavy atom. The van der Waals surface area contributed by atoms with E-state index >= 15 is 0 Å². The predicted molar refractivity (Wildman–Crippen MR) is 141 cm³/mol. The molecule has 0 heterocycles. The van der Waals surface area contributed by atoms with E-state index in [-0.39, 0.29) is 23.6 Å². The van der Waals surface area contributed by atoms with E-state index in [9.17, 15) is 9.59 Å². The quantitative estimate of drug-likeness (QED) is 0.409. The van der Waals surface area contributed by atoms with Crippen LogP contribution in [-0.2, 0) is 21.9 Å². The molecule has 2 amide bonds. The summed E-state index contributed by atoms with van der Waals surface area (Å²) in [5.41, 5.74) is 1.87. The molecule has 1 atom stereocenters. The highest BCUT2D eigenvalue weighted by Gasteiger charge is 2.28. The molecule has 1 unspecified atom stereocenters. The summed E-state index contributed by atoms with van der Waals surface area (Å²) in [7, 11) is 1.62. The molecule has 1 saturated carbocycles. The van der Waals surface area contributed by atoms with Gasteiger partial charge in [-0.25, -0.2) is 0 Å². The van der Waals surface area contributed by atoms with Crippen molar-refractivity contribution in [2.45, 2.75) is 63.4 Å². The Morgan fingerprint density at radius 2 is 1.82 bits per heavy atom. The molecule has 34 heavy (non-hydrogen) atoms. The van der Waals surface area contributed by atoms with Crippen molar-refractivity contribution in [2.75, 3.05) is 12.9 Å². The van der Waals surface area contributed by atoms with Gasteiger partial charge in [0.05, 0.1) is 12.9 Å². The molecular formula is C26H32Cl2N2O3S. The van der Waals surface area contributed by atoms with E-state index in [4.69, 9.17) is 27.9 Å². The molecule has 1 aliphatic rings. The smallest absolute Gasteiger partial charge is 0.242 e. The maximum Gasteiger partial charge on any atom is 0.242 e. The topological polar surface area (TPSA) is 58.6 Å². The summed E-state index contributed by atoms with van der Waals surface area (Å²) in [5.74, 6) is 1.40. The maximum absolute atomic E-state index is 13.3. The number of ether oxygens (including phenoxy) is 1. The van der Waals surface area contributed by atoms with Crippen LogP contribution < -0.4 is 10.1 Å². The summed E-state index contributed by atoms with van der Waals surface area (Å²) in [6.45, 7) is 2.16. The molecule has 1 aliphatic carbocycles. The van der Waals surface area contributed by atoms with E-state index in [1.807, 2.05) is 30.3 Å². The first-order chi connectivity index (χ1) is 16.4. The van der Waals surface area contributed by atoms with Crippen LogP contribution in [0.5, 0.6) is 5.75 Å². The average molecular weight is 524 g/mol. The minimum absolute atomic E-state index is 0.0859. The number of thioether (sulfide) groups is 1. The van der Waals surface area contributed by atoms with Crippen molar-refractivity contribution < 1.29 is 14.3 Å². The Morgan fingerprint density at radius 1 is 1.12 bits per heavy atom. The zero-order valence-electron chi connectivity index (χ0n) is 19.7. The maximum atomic E-state index is 13.3. The van der Waals surface area contributed by atoms with Gasteiger partial charge in [-0.15, -0.1) is 11.8 Å². The standard InChI is InChI=1S/C26H32Cl2N2O3S/c1-18(26(32)29-22-6-4-3-5-7-22)30(15-19-8-12-23(33-2)13-9-19)25(31)17-34-16-20-10-11-21(27)14-24(20)28/h8-14,18,22H,3-7,15-17H2,1-2H3,(H,29,32). The second-order valence-electron chi connectivity index (χ2n) is 8.62. The number of nitrogens with one attached hydrogen (secondary N) is 1. The van der Waals surface area contributed by atoms with Crippen LogP contribution in [0.25, 0.3) is 0 Å². The number of rotatable bonds is 10. The van der Waals surface area contributed by atoms with Crippen molar-refractivity contribution >= 4 is 46.8 Å². The number of methoxy groups -OCH3 is 1. The van der Waals surface area contributed by atoms with Crippen LogP contribution in [-0.4, -0.2) is 41.7 Å². The van der Waals surface area contributed by atoms with E-state index in [0.29, 0.717) is 22.3 Å². The normalized spacial score (nSPS) is 14.9. The van der Waals surface area contributed by atoms with Gasteiger partial charge in [0.1, 0.15) is 11.8 Å². The summed E-state index contributed by atoms with van der Waals surface area (Å²) in [6, 6.07) is 12.6. The van der Waals surface area contributed by atoms with E-state index < -0.39 is 6.04 Å². The highest BCUT2D eigenvalue weighted by atomic mass is 35.5. The Kier molecular flexibility index (Phi) is 10.4. The fourth-order valence-corrected chi connectivity index (χ4v) is 5.52. The molecule has 1 fully saturated rings. The first kappa shape index (κ1) is 26.7. The third-order valence-corrected chi connectivity index (χ3v) is 7.68. The van der Waals surface area contributed by atoms with Crippen LogP contribution in [0.3, 0.4) is 0 Å². The minimum atomic E-state index is -0.573. The Balaban J connectivity index is 1.66. The summed E-state index contributed by atoms with van der Waals surface area (Å²) in [6.07, 6.45) is 5.50. The number of hydrogen-bond donors (Lipinski definition) is 1. The molecule has 0 aromatic heterocycles. The fraction of sp³-hybridized carbons (Fsp3) is 0.462. The van der Waals surface area contributed by atoms with Crippen molar-refractivity contribution in [1.29, 1.82) is 0 Å². The molecule has 2 aromatic carbocycles. The van der Waals surface area contributed by atoms with Gasteiger partial charge in [0.15, 0.2) is 0 Å². The van der Waals surface area contributed by atoms with Gasteiger partial charge in [-0.3, -0.25) is 9.59 Å². The number of halogens is 2. The van der Waals surface area contributed by atoms with Crippen molar-refractivity contribution in [2.24, 2.45) is 0 Å². The lowest BCUT2D eigenvalue weighted by Crippen LogP contribution is -2.50.